The maximum atomic E-state index is 14.2. The highest BCUT2D eigenvalue weighted by Gasteiger charge is 2.63. The van der Waals surface area contributed by atoms with E-state index in [1.807, 2.05) is 6.92 Å². The molecule has 0 aromatic heterocycles. The molecule has 1 heterocycles. The molecule has 2 amide bonds. The quantitative estimate of drug-likeness (QED) is 0.479. The zero-order chi connectivity index (χ0) is 27.5. The number of nitrogens with one attached hydrogen (secondary N) is 1. The second-order valence-electron chi connectivity index (χ2n) is 8.13. The summed E-state index contributed by atoms with van der Waals surface area (Å²) in [5.74, 6) is -9.31. The summed E-state index contributed by atoms with van der Waals surface area (Å²) in [5.41, 5.74) is 1.07. The van der Waals surface area contributed by atoms with Crippen molar-refractivity contribution in [3.63, 3.8) is 0 Å². The molecule has 3 rings (SSSR count). The van der Waals surface area contributed by atoms with Gasteiger partial charge in [-0.1, -0.05) is 19.1 Å². The van der Waals surface area contributed by atoms with E-state index >= 15 is 0 Å². The molecule has 2 aromatic rings. The molecule has 0 fully saturated rings. The first-order valence-corrected chi connectivity index (χ1v) is 11.0. The first-order valence-electron chi connectivity index (χ1n) is 11.0. The van der Waals surface area contributed by atoms with E-state index in [1.54, 1.807) is 0 Å². The summed E-state index contributed by atoms with van der Waals surface area (Å²) in [6.07, 6.45) is -5.38. The van der Waals surface area contributed by atoms with Crippen molar-refractivity contribution >= 4 is 23.2 Å². The van der Waals surface area contributed by atoms with E-state index in [0.29, 0.717) is 23.3 Å². The summed E-state index contributed by atoms with van der Waals surface area (Å²) in [7, 11) is 2.63. The third-order valence-corrected chi connectivity index (χ3v) is 5.75. The minimum Gasteiger partial charge on any atom is -0.492 e. The summed E-state index contributed by atoms with van der Waals surface area (Å²) in [6.45, 7) is 1.80. The van der Waals surface area contributed by atoms with Crippen LogP contribution in [0.1, 0.15) is 30.9 Å². The largest absolute Gasteiger partial charge is 0.492 e. The van der Waals surface area contributed by atoms with Gasteiger partial charge in [0.1, 0.15) is 0 Å². The van der Waals surface area contributed by atoms with Crippen LogP contribution in [-0.2, 0) is 16.1 Å². The molecule has 2 aromatic carbocycles. The van der Waals surface area contributed by atoms with Crippen molar-refractivity contribution in [1.82, 2.24) is 5.01 Å². The molecule has 0 bridgehead atoms. The number of nitrogens with zero attached hydrogens (tertiary/aromatic N) is 2. The van der Waals surface area contributed by atoms with E-state index in [9.17, 15) is 35.9 Å². The van der Waals surface area contributed by atoms with Gasteiger partial charge in [-0.3, -0.25) is 9.59 Å². The standard InChI is InChI=1S/C24H23F6N3O4/c1-4-14-11-18(34)33(32-19(14)16-9-10-17(25)21(37-3)20(16)36-2)12-13-5-7-15(8-6-13)31-22(35)23(26,27)24(28,29)30/h5-10,14H,4,11-12H2,1-3H3,(H,31,35). The van der Waals surface area contributed by atoms with E-state index in [2.05, 4.69) is 5.10 Å². The Kier molecular flexibility index (Phi) is 8.03. The molecule has 0 aliphatic carbocycles. The summed E-state index contributed by atoms with van der Waals surface area (Å²) in [4.78, 5) is 24.1. The Bertz CT molecular complexity index is 1200. The second kappa shape index (κ2) is 10.7. The SMILES string of the molecule is CCC1CC(=O)N(Cc2ccc(NC(=O)C(F)(F)C(F)(F)F)cc2)N=C1c1ccc(F)c(OC)c1OC. The van der Waals surface area contributed by atoms with Gasteiger partial charge in [-0.2, -0.15) is 27.1 Å². The zero-order valence-corrected chi connectivity index (χ0v) is 20.0. The molecule has 200 valence electrons. The Morgan fingerprint density at radius 1 is 1.05 bits per heavy atom. The Balaban J connectivity index is 1.86. The van der Waals surface area contributed by atoms with Crippen molar-refractivity contribution in [3.05, 3.63) is 53.3 Å². The maximum Gasteiger partial charge on any atom is 0.463 e. The lowest BCUT2D eigenvalue weighted by atomic mass is 9.89. The Labute approximate surface area is 208 Å². The van der Waals surface area contributed by atoms with Crippen molar-refractivity contribution in [2.45, 2.75) is 38.4 Å². The van der Waals surface area contributed by atoms with Crippen LogP contribution in [0.2, 0.25) is 0 Å². The molecule has 1 atom stereocenters. The van der Waals surface area contributed by atoms with Crippen LogP contribution in [0.15, 0.2) is 41.5 Å². The number of anilines is 1. The molecule has 1 aliphatic heterocycles. The maximum absolute atomic E-state index is 14.2. The van der Waals surface area contributed by atoms with Gasteiger partial charge >= 0.3 is 18.0 Å². The van der Waals surface area contributed by atoms with Crippen LogP contribution in [0.25, 0.3) is 0 Å². The highest BCUT2D eigenvalue weighted by Crippen LogP contribution is 2.38. The van der Waals surface area contributed by atoms with Crippen molar-refractivity contribution in [2.75, 3.05) is 19.5 Å². The predicted octanol–water partition coefficient (Wildman–Crippen LogP) is 5.14. The average Bonchev–Trinajstić information content (AvgIpc) is 2.85. The summed E-state index contributed by atoms with van der Waals surface area (Å²) in [5, 5.41) is 7.17. The van der Waals surface area contributed by atoms with Gasteiger partial charge in [-0.15, -0.1) is 0 Å². The summed E-state index contributed by atoms with van der Waals surface area (Å²) < 4.78 is 88.1. The summed E-state index contributed by atoms with van der Waals surface area (Å²) in [6, 6.07) is 7.61. The molecule has 0 saturated carbocycles. The van der Waals surface area contributed by atoms with Crippen LogP contribution >= 0.6 is 0 Å². The number of ether oxygens (including phenoxy) is 2. The van der Waals surface area contributed by atoms with Crippen LogP contribution in [0, 0.1) is 11.7 Å². The number of carbonyl (C=O) groups excluding carboxylic acids is 2. The molecule has 7 nitrogen and oxygen atoms in total. The lowest BCUT2D eigenvalue weighted by molar-refractivity contribution is -0.267. The Hall–Kier alpha value is -3.77. The van der Waals surface area contributed by atoms with Crippen LogP contribution < -0.4 is 14.8 Å². The van der Waals surface area contributed by atoms with Crippen LogP contribution in [0.3, 0.4) is 0 Å². The Morgan fingerprint density at radius 3 is 2.22 bits per heavy atom. The average molecular weight is 531 g/mol. The van der Waals surface area contributed by atoms with Gasteiger partial charge in [0.25, 0.3) is 0 Å². The molecule has 13 heteroatoms. The van der Waals surface area contributed by atoms with E-state index in [0.717, 1.165) is 12.1 Å². The van der Waals surface area contributed by atoms with Gasteiger partial charge < -0.3 is 14.8 Å². The van der Waals surface area contributed by atoms with Gasteiger partial charge in [-0.25, -0.2) is 9.40 Å². The van der Waals surface area contributed by atoms with Gasteiger partial charge in [0.2, 0.25) is 5.91 Å². The van der Waals surface area contributed by atoms with Crippen molar-refractivity contribution in [3.8, 4) is 11.5 Å². The van der Waals surface area contributed by atoms with Gasteiger partial charge in [0.05, 0.1) is 26.5 Å². The number of rotatable bonds is 8. The predicted molar refractivity (Wildman–Crippen MR) is 121 cm³/mol. The van der Waals surface area contributed by atoms with Gasteiger partial charge in [0, 0.05) is 23.6 Å². The van der Waals surface area contributed by atoms with E-state index in [-0.39, 0.29) is 42.0 Å². The molecular weight excluding hydrogens is 508 g/mol. The smallest absolute Gasteiger partial charge is 0.463 e. The number of carbonyl (C=O) groups is 2. The van der Waals surface area contributed by atoms with Crippen molar-refractivity contribution in [2.24, 2.45) is 11.0 Å². The molecule has 1 aliphatic rings. The fourth-order valence-corrected chi connectivity index (χ4v) is 3.75. The molecule has 1 N–H and O–H groups in total. The number of amides is 2. The molecular formula is C24H23F6N3O4. The normalized spacial score (nSPS) is 16.4. The fourth-order valence-electron chi connectivity index (χ4n) is 3.75. The van der Waals surface area contributed by atoms with Gasteiger partial charge in [-0.05, 0) is 36.2 Å². The van der Waals surface area contributed by atoms with E-state index in [1.165, 1.54) is 48.8 Å². The zero-order valence-electron chi connectivity index (χ0n) is 20.0. The number of alkyl halides is 5. The minimum absolute atomic E-state index is 0.0631. The van der Waals surface area contributed by atoms with Crippen LogP contribution in [-0.4, -0.2) is 48.9 Å². The highest BCUT2D eigenvalue weighted by molar-refractivity contribution is 6.08. The molecule has 1 unspecified atom stereocenters. The number of hydrogen-bond acceptors (Lipinski definition) is 5. The molecule has 0 radical (unpaired) electrons. The molecule has 37 heavy (non-hydrogen) atoms. The first-order chi connectivity index (χ1) is 17.3. The lowest BCUT2D eigenvalue weighted by Gasteiger charge is -2.30. The highest BCUT2D eigenvalue weighted by atomic mass is 19.4. The van der Waals surface area contributed by atoms with E-state index < -0.39 is 23.8 Å². The third-order valence-electron chi connectivity index (χ3n) is 5.75. The van der Waals surface area contributed by atoms with Gasteiger partial charge in [0.15, 0.2) is 17.3 Å². The number of halogens is 6. The van der Waals surface area contributed by atoms with Crippen molar-refractivity contribution in [1.29, 1.82) is 0 Å². The number of methoxy groups -OCH3 is 2. The Morgan fingerprint density at radius 2 is 1.68 bits per heavy atom. The number of hydrogen-bond donors (Lipinski definition) is 1. The third kappa shape index (κ3) is 5.65. The minimum atomic E-state index is -6.03. The summed E-state index contributed by atoms with van der Waals surface area (Å²) >= 11 is 0. The fraction of sp³-hybridized carbons (Fsp3) is 0.375. The van der Waals surface area contributed by atoms with Crippen LogP contribution in [0.5, 0.6) is 11.5 Å². The second-order valence-corrected chi connectivity index (χ2v) is 8.13. The monoisotopic (exact) mass is 531 g/mol. The van der Waals surface area contributed by atoms with Crippen molar-refractivity contribution < 1.29 is 45.4 Å². The first kappa shape index (κ1) is 27.8. The molecule has 0 spiro atoms. The number of hydrazone groups is 1. The van der Waals surface area contributed by atoms with Crippen LogP contribution in [0.4, 0.5) is 32.0 Å². The topological polar surface area (TPSA) is 80.2 Å². The van der Waals surface area contributed by atoms with E-state index in [4.69, 9.17) is 9.47 Å². The molecule has 0 saturated heterocycles. The number of benzene rings is 2. The lowest BCUT2D eigenvalue weighted by Crippen LogP contribution is -2.47.